The fraction of sp³-hybridized carbons (Fsp3) is 0.375. The van der Waals surface area contributed by atoms with Crippen LogP contribution in [0.25, 0.3) is 0 Å². The highest BCUT2D eigenvalue weighted by Crippen LogP contribution is 2.21. The van der Waals surface area contributed by atoms with E-state index < -0.39 is 0 Å². The monoisotopic (exact) mass is 303 g/mol. The van der Waals surface area contributed by atoms with E-state index in [4.69, 9.17) is 0 Å². The number of carbonyl (C=O) groups is 1. The van der Waals surface area contributed by atoms with Gasteiger partial charge in [-0.2, -0.15) is 0 Å². The number of amides is 1. The van der Waals surface area contributed by atoms with Gasteiger partial charge in [0.05, 0.1) is 23.3 Å². The summed E-state index contributed by atoms with van der Waals surface area (Å²) in [5, 5.41) is 3.27. The molecule has 5 heteroatoms. The average molecular weight is 303 g/mol. The second-order valence-electron chi connectivity index (χ2n) is 5.10. The van der Waals surface area contributed by atoms with Gasteiger partial charge in [-0.15, -0.1) is 11.3 Å². The van der Waals surface area contributed by atoms with Gasteiger partial charge >= 0.3 is 0 Å². The molecule has 4 nitrogen and oxygen atoms in total. The Morgan fingerprint density at radius 2 is 2.14 bits per heavy atom. The highest BCUT2D eigenvalue weighted by molar-refractivity contribution is 7.09. The highest BCUT2D eigenvalue weighted by atomic mass is 32.1. The van der Waals surface area contributed by atoms with Gasteiger partial charge in [-0.1, -0.05) is 6.07 Å². The first-order valence-corrected chi connectivity index (χ1v) is 7.89. The normalized spacial score (nSPS) is 10.5. The molecule has 0 radical (unpaired) electrons. The quantitative estimate of drug-likeness (QED) is 0.920. The number of rotatable bonds is 5. The van der Waals surface area contributed by atoms with Crippen molar-refractivity contribution >= 4 is 22.9 Å². The van der Waals surface area contributed by atoms with Gasteiger partial charge in [0.25, 0.3) is 5.91 Å². The minimum absolute atomic E-state index is 0.0266. The number of aryl methyl sites for hydroxylation is 2. The van der Waals surface area contributed by atoms with E-state index in [0.29, 0.717) is 12.1 Å². The van der Waals surface area contributed by atoms with Gasteiger partial charge in [0.2, 0.25) is 0 Å². The van der Waals surface area contributed by atoms with E-state index in [-0.39, 0.29) is 5.91 Å². The zero-order valence-corrected chi connectivity index (χ0v) is 13.8. The maximum Gasteiger partial charge on any atom is 0.256 e. The van der Waals surface area contributed by atoms with Crippen LogP contribution in [0.3, 0.4) is 0 Å². The van der Waals surface area contributed by atoms with E-state index >= 15 is 0 Å². The zero-order chi connectivity index (χ0) is 15.4. The predicted molar refractivity (Wildman–Crippen MR) is 88.0 cm³/mol. The number of carbonyl (C=O) groups excluding carboxylic acids is 1. The summed E-state index contributed by atoms with van der Waals surface area (Å²) in [5.41, 5.74) is 5.57. The average Bonchev–Trinajstić information content (AvgIpc) is 2.84. The van der Waals surface area contributed by atoms with E-state index in [9.17, 15) is 4.79 Å². The largest absolute Gasteiger partial charge is 0.385 e. The SMILES string of the molecule is CCNc1cc(C)ccc1C(=O)N(C)Cc1scnc1C. The summed E-state index contributed by atoms with van der Waals surface area (Å²) >= 11 is 1.59. The molecule has 1 aromatic heterocycles. The Morgan fingerprint density at radius 1 is 1.38 bits per heavy atom. The Hall–Kier alpha value is -1.88. The first kappa shape index (κ1) is 15.5. The van der Waals surface area contributed by atoms with Gasteiger partial charge in [0.1, 0.15) is 0 Å². The van der Waals surface area contributed by atoms with E-state index in [0.717, 1.165) is 28.4 Å². The van der Waals surface area contributed by atoms with Gasteiger partial charge in [0.15, 0.2) is 0 Å². The molecule has 0 aliphatic carbocycles. The Bertz CT molecular complexity index is 636. The van der Waals surface area contributed by atoms with Crippen molar-refractivity contribution in [1.29, 1.82) is 0 Å². The summed E-state index contributed by atoms with van der Waals surface area (Å²) in [5.74, 6) is 0.0266. The molecule has 1 aromatic carbocycles. The van der Waals surface area contributed by atoms with E-state index in [1.807, 2.05) is 51.5 Å². The Balaban J connectivity index is 2.21. The number of nitrogens with zero attached hydrogens (tertiary/aromatic N) is 2. The molecule has 0 saturated heterocycles. The van der Waals surface area contributed by atoms with E-state index in [1.165, 1.54) is 0 Å². The molecule has 0 spiro atoms. The molecule has 1 heterocycles. The van der Waals surface area contributed by atoms with Crippen LogP contribution in [0.5, 0.6) is 0 Å². The summed E-state index contributed by atoms with van der Waals surface area (Å²) in [6.45, 7) is 7.41. The lowest BCUT2D eigenvalue weighted by molar-refractivity contribution is 0.0787. The van der Waals surface area contributed by atoms with Crippen LogP contribution in [0.4, 0.5) is 5.69 Å². The van der Waals surface area contributed by atoms with Crippen molar-refractivity contribution in [3.05, 3.63) is 45.4 Å². The first-order valence-electron chi connectivity index (χ1n) is 7.02. The van der Waals surface area contributed by atoms with Crippen molar-refractivity contribution in [2.75, 3.05) is 18.9 Å². The molecule has 0 aliphatic heterocycles. The number of aromatic nitrogens is 1. The summed E-state index contributed by atoms with van der Waals surface area (Å²) in [7, 11) is 1.83. The first-order chi connectivity index (χ1) is 10.0. The molecule has 1 N–H and O–H groups in total. The van der Waals surface area contributed by atoms with Crippen LogP contribution >= 0.6 is 11.3 Å². The fourth-order valence-electron chi connectivity index (χ4n) is 2.15. The second-order valence-corrected chi connectivity index (χ2v) is 6.04. The third-order valence-electron chi connectivity index (χ3n) is 3.35. The van der Waals surface area contributed by atoms with Gasteiger partial charge in [-0.3, -0.25) is 4.79 Å². The van der Waals surface area contributed by atoms with Gasteiger partial charge < -0.3 is 10.2 Å². The van der Waals surface area contributed by atoms with Crippen LogP contribution in [-0.4, -0.2) is 29.4 Å². The Kier molecular flexibility index (Phi) is 4.96. The standard InChI is InChI=1S/C16H21N3OS/c1-5-17-14-8-11(2)6-7-13(14)16(20)19(4)9-15-12(3)18-10-21-15/h6-8,10,17H,5,9H2,1-4H3. The van der Waals surface area contributed by atoms with Crippen LogP contribution in [0.15, 0.2) is 23.7 Å². The molecule has 0 saturated carbocycles. The molecule has 0 aliphatic rings. The molecular formula is C16H21N3OS. The number of nitrogens with one attached hydrogen (secondary N) is 1. The van der Waals surface area contributed by atoms with Crippen molar-refractivity contribution in [2.45, 2.75) is 27.3 Å². The summed E-state index contributed by atoms with van der Waals surface area (Å²) in [6.07, 6.45) is 0. The van der Waals surface area contributed by atoms with Crippen molar-refractivity contribution in [1.82, 2.24) is 9.88 Å². The molecule has 1 amide bonds. The molecule has 0 unspecified atom stereocenters. The number of hydrogen-bond acceptors (Lipinski definition) is 4. The van der Waals surface area contributed by atoms with Gasteiger partial charge in [0, 0.05) is 24.2 Å². The second kappa shape index (κ2) is 6.72. The fourth-order valence-corrected chi connectivity index (χ4v) is 2.98. The molecule has 2 rings (SSSR count). The summed E-state index contributed by atoms with van der Waals surface area (Å²) in [6, 6.07) is 5.88. The molecule has 0 fully saturated rings. The number of benzene rings is 1. The molecule has 0 bridgehead atoms. The number of thiazole rings is 1. The van der Waals surface area contributed by atoms with Crippen molar-refractivity contribution in [3.63, 3.8) is 0 Å². The lowest BCUT2D eigenvalue weighted by Crippen LogP contribution is -2.27. The topological polar surface area (TPSA) is 45.2 Å². The van der Waals surface area contributed by atoms with Crippen LogP contribution < -0.4 is 5.32 Å². The third kappa shape index (κ3) is 3.61. The van der Waals surface area contributed by atoms with Crippen LogP contribution in [0.1, 0.15) is 33.4 Å². The molecule has 112 valence electrons. The van der Waals surface area contributed by atoms with Gasteiger partial charge in [-0.25, -0.2) is 4.98 Å². The maximum absolute atomic E-state index is 12.7. The lowest BCUT2D eigenvalue weighted by Gasteiger charge is -2.19. The Labute approximate surface area is 129 Å². The van der Waals surface area contributed by atoms with E-state index in [2.05, 4.69) is 10.3 Å². The van der Waals surface area contributed by atoms with E-state index in [1.54, 1.807) is 16.2 Å². The number of anilines is 1. The van der Waals surface area contributed by atoms with Crippen LogP contribution in [0, 0.1) is 13.8 Å². The lowest BCUT2D eigenvalue weighted by atomic mass is 10.1. The smallest absolute Gasteiger partial charge is 0.256 e. The molecule has 21 heavy (non-hydrogen) atoms. The zero-order valence-electron chi connectivity index (χ0n) is 12.9. The minimum Gasteiger partial charge on any atom is -0.385 e. The Morgan fingerprint density at radius 3 is 2.76 bits per heavy atom. The molecular weight excluding hydrogens is 282 g/mol. The summed E-state index contributed by atoms with van der Waals surface area (Å²) < 4.78 is 0. The van der Waals surface area contributed by atoms with Crippen LogP contribution in [0.2, 0.25) is 0 Å². The van der Waals surface area contributed by atoms with Gasteiger partial charge in [-0.05, 0) is 38.5 Å². The number of hydrogen-bond donors (Lipinski definition) is 1. The molecule has 2 aromatic rings. The van der Waals surface area contributed by atoms with Crippen molar-refractivity contribution < 1.29 is 4.79 Å². The van der Waals surface area contributed by atoms with Crippen molar-refractivity contribution in [2.24, 2.45) is 0 Å². The maximum atomic E-state index is 12.7. The highest BCUT2D eigenvalue weighted by Gasteiger charge is 2.17. The van der Waals surface area contributed by atoms with Crippen LogP contribution in [-0.2, 0) is 6.54 Å². The minimum atomic E-state index is 0.0266. The third-order valence-corrected chi connectivity index (χ3v) is 4.26. The summed E-state index contributed by atoms with van der Waals surface area (Å²) in [4.78, 5) is 19.8. The molecule has 0 atom stereocenters. The predicted octanol–water partition coefficient (Wildman–Crippen LogP) is 3.46. The van der Waals surface area contributed by atoms with Crippen molar-refractivity contribution in [3.8, 4) is 0 Å².